The summed E-state index contributed by atoms with van der Waals surface area (Å²) in [5.74, 6) is 2.00. The zero-order valence-corrected chi connectivity index (χ0v) is 27.0. The van der Waals surface area contributed by atoms with Crippen LogP contribution in [0, 0.1) is 0 Å². The third-order valence-corrected chi connectivity index (χ3v) is 8.82. The van der Waals surface area contributed by atoms with Crippen LogP contribution in [0.15, 0.2) is 97.1 Å². The lowest BCUT2D eigenvalue weighted by atomic mass is 9.98. The van der Waals surface area contributed by atoms with Crippen molar-refractivity contribution in [1.82, 2.24) is 14.9 Å². The Morgan fingerprint density at radius 2 is 1.40 bits per heavy atom. The highest BCUT2D eigenvalue weighted by atomic mass is 16.5. The number of aromatic amines is 2. The minimum atomic E-state index is -0.817. The number of fused-ring (bicyclic) bond motifs is 6. The first-order valence-electron chi connectivity index (χ1n) is 16.4. The lowest BCUT2D eigenvalue weighted by molar-refractivity contribution is -0.0285. The average Bonchev–Trinajstić information content (AvgIpc) is 3.69. The molecule has 0 radical (unpaired) electrons. The van der Waals surface area contributed by atoms with Crippen molar-refractivity contribution in [3.63, 3.8) is 0 Å². The van der Waals surface area contributed by atoms with Crippen molar-refractivity contribution >= 4 is 38.8 Å². The molecule has 48 heavy (non-hydrogen) atoms. The van der Waals surface area contributed by atoms with Gasteiger partial charge in [0, 0.05) is 58.1 Å². The van der Waals surface area contributed by atoms with Crippen molar-refractivity contribution in [2.24, 2.45) is 0 Å². The molecule has 0 saturated carbocycles. The lowest BCUT2D eigenvalue weighted by Crippen LogP contribution is -2.43. The zero-order valence-electron chi connectivity index (χ0n) is 27.0. The fraction of sp³-hybridized carbons (Fsp3) is 0.282. The number of H-pyrrole nitrogens is 2. The van der Waals surface area contributed by atoms with Crippen LogP contribution in [0.5, 0.6) is 17.2 Å². The predicted molar refractivity (Wildman–Crippen MR) is 189 cm³/mol. The van der Waals surface area contributed by atoms with E-state index < -0.39 is 12.2 Å². The topological polar surface area (TPSA) is 112 Å². The number of aromatic nitrogens is 2. The van der Waals surface area contributed by atoms with Crippen LogP contribution >= 0.6 is 0 Å². The van der Waals surface area contributed by atoms with Crippen LogP contribution in [0.3, 0.4) is 0 Å². The Morgan fingerprint density at radius 1 is 0.729 bits per heavy atom. The molecule has 9 nitrogen and oxygen atoms in total. The third-order valence-electron chi connectivity index (χ3n) is 8.82. The van der Waals surface area contributed by atoms with Gasteiger partial charge in [-0.25, -0.2) is 0 Å². The fourth-order valence-electron chi connectivity index (χ4n) is 6.62. The molecule has 0 bridgehead atoms. The Labute approximate surface area is 279 Å². The van der Waals surface area contributed by atoms with Gasteiger partial charge in [0.05, 0.1) is 31.4 Å². The van der Waals surface area contributed by atoms with Gasteiger partial charge in [0.1, 0.15) is 25.1 Å². The summed E-state index contributed by atoms with van der Waals surface area (Å²) < 4.78 is 24.0. The summed E-state index contributed by atoms with van der Waals surface area (Å²) in [6, 6.07) is 29.7. The number of benzene rings is 4. The maximum Gasteiger partial charge on any atom is 0.161 e. The summed E-state index contributed by atoms with van der Waals surface area (Å²) in [5, 5.41) is 25.6. The highest BCUT2D eigenvalue weighted by Gasteiger charge is 2.24. The van der Waals surface area contributed by atoms with E-state index in [4.69, 9.17) is 18.9 Å². The highest BCUT2D eigenvalue weighted by molar-refractivity contribution is 6.10. The van der Waals surface area contributed by atoms with E-state index in [2.05, 4.69) is 40.3 Å². The molecule has 0 amide bonds. The smallest absolute Gasteiger partial charge is 0.161 e. The van der Waals surface area contributed by atoms with Crippen LogP contribution in [0.25, 0.3) is 38.8 Å². The number of nitrogens with zero attached hydrogens (tertiary/aromatic N) is 1. The highest BCUT2D eigenvalue weighted by Crippen LogP contribution is 2.37. The molecule has 4 N–H and O–H groups in total. The molecule has 2 heterocycles. The van der Waals surface area contributed by atoms with Gasteiger partial charge in [0.25, 0.3) is 0 Å². The molecule has 1 aliphatic rings. The Morgan fingerprint density at radius 3 is 2.21 bits per heavy atom. The van der Waals surface area contributed by atoms with Gasteiger partial charge in [-0.1, -0.05) is 60.7 Å². The van der Waals surface area contributed by atoms with Crippen molar-refractivity contribution in [2.75, 3.05) is 46.6 Å². The molecule has 248 valence electrons. The minimum Gasteiger partial charge on any atom is -0.493 e. The molecule has 3 atom stereocenters. The number of aliphatic hydroxyl groups excluding tert-OH is 2. The van der Waals surface area contributed by atoms with E-state index in [9.17, 15) is 10.2 Å². The molecular formula is C39H41N3O6. The van der Waals surface area contributed by atoms with Gasteiger partial charge >= 0.3 is 0 Å². The largest absolute Gasteiger partial charge is 0.493 e. The van der Waals surface area contributed by atoms with Gasteiger partial charge in [0.2, 0.25) is 0 Å². The molecule has 0 spiro atoms. The second-order valence-electron chi connectivity index (χ2n) is 12.2. The molecule has 9 heteroatoms. The lowest BCUT2D eigenvalue weighted by Gasteiger charge is -2.28. The summed E-state index contributed by atoms with van der Waals surface area (Å²) >= 11 is 0. The van der Waals surface area contributed by atoms with Crippen molar-refractivity contribution in [1.29, 1.82) is 0 Å². The maximum absolute atomic E-state index is 11.2. The van der Waals surface area contributed by atoms with E-state index in [-0.39, 0.29) is 32.4 Å². The van der Waals surface area contributed by atoms with E-state index in [0.29, 0.717) is 30.4 Å². The first kappa shape index (κ1) is 31.8. The van der Waals surface area contributed by atoms with Gasteiger partial charge in [-0.05, 0) is 48.9 Å². The van der Waals surface area contributed by atoms with Gasteiger partial charge in [0.15, 0.2) is 11.5 Å². The zero-order chi connectivity index (χ0) is 32.9. The summed E-state index contributed by atoms with van der Waals surface area (Å²) in [4.78, 5) is 8.89. The number of nitrogens with one attached hydrogen (secondary N) is 2. The van der Waals surface area contributed by atoms with Crippen molar-refractivity contribution in [2.45, 2.75) is 24.7 Å². The molecule has 7 rings (SSSR count). The minimum absolute atomic E-state index is 0.0901. The molecular weight excluding hydrogens is 606 g/mol. The van der Waals surface area contributed by atoms with Crippen LogP contribution in [0.1, 0.15) is 23.8 Å². The first-order valence-corrected chi connectivity index (χ1v) is 16.4. The quantitative estimate of drug-likeness (QED) is 0.101. The standard InChI is InChI=1S/C39H41N3O6/c1-45-34-16-6-7-17-35(34)46-21-20-42(22-26(43)24-47-36-18-8-14-32-38(36)28-10-2-4-12-30(28)40-32)23-27(44)25-48-37-19-9-15-33-39(37)29-11-3-5-13-31(29)41-33/h2-18,26-27,37,40-41,43-44H,19-25H2,1H3. The molecule has 0 fully saturated rings. The molecule has 6 aromatic rings. The summed E-state index contributed by atoms with van der Waals surface area (Å²) in [6.07, 6.45) is 3.16. The fourth-order valence-corrected chi connectivity index (χ4v) is 6.62. The summed E-state index contributed by atoms with van der Waals surface area (Å²) in [7, 11) is 1.61. The summed E-state index contributed by atoms with van der Waals surface area (Å²) in [5.41, 5.74) is 5.26. The number of para-hydroxylation sites is 4. The van der Waals surface area contributed by atoms with Crippen molar-refractivity contribution in [3.05, 3.63) is 108 Å². The van der Waals surface area contributed by atoms with Gasteiger partial charge < -0.3 is 39.1 Å². The monoisotopic (exact) mass is 647 g/mol. The second-order valence-corrected chi connectivity index (χ2v) is 12.2. The number of hydrogen-bond acceptors (Lipinski definition) is 7. The van der Waals surface area contributed by atoms with Crippen LogP contribution in [-0.2, 0) is 4.74 Å². The molecule has 0 saturated heterocycles. The molecule has 4 aromatic carbocycles. The summed E-state index contributed by atoms with van der Waals surface area (Å²) in [6.45, 7) is 1.59. The van der Waals surface area contributed by atoms with Crippen LogP contribution < -0.4 is 14.2 Å². The number of hydrogen-bond donors (Lipinski definition) is 4. The van der Waals surface area contributed by atoms with E-state index in [1.807, 2.05) is 77.7 Å². The Kier molecular flexibility index (Phi) is 9.62. The Bertz CT molecular complexity index is 2020. The van der Waals surface area contributed by atoms with E-state index >= 15 is 0 Å². The van der Waals surface area contributed by atoms with Gasteiger partial charge in [-0.3, -0.25) is 4.90 Å². The number of rotatable bonds is 15. The van der Waals surface area contributed by atoms with Crippen LogP contribution in [0.4, 0.5) is 0 Å². The van der Waals surface area contributed by atoms with Gasteiger partial charge in [-0.2, -0.15) is 0 Å². The molecule has 0 aliphatic heterocycles. The molecule has 2 aromatic heterocycles. The molecule has 3 unspecified atom stereocenters. The maximum atomic E-state index is 11.2. The van der Waals surface area contributed by atoms with Crippen molar-refractivity contribution in [3.8, 4) is 17.2 Å². The van der Waals surface area contributed by atoms with Crippen LogP contribution in [0.2, 0.25) is 0 Å². The van der Waals surface area contributed by atoms with E-state index in [1.165, 1.54) is 0 Å². The second kappa shape index (κ2) is 14.5. The Hall–Kier alpha value is -4.80. The molecule has 1 aliphatic carbocycles. The van der Waals surface area contributed by atoms with Crippen LogP contribution in [-0.4, -0.2) is 83.9 Å². The number of aliphatic hydroxyl groups is 2. The SMILES string of the molecule is COc1ccccc1OCCN(CC(O)COc1cccc2[nH]c3ccccc3c12)CC(O)COC1CC=Cc2[nH]c3ccccc3c21. The van der Waals surface area contributed by atoms with Crippen molar-refractivity contribution < 1.29 is 29.2 Å². The third kappa shape index (κ3) is 6.90. The van der Waals surface area contributed by atoms with E-state index in [0.717, 1.165) is 50.4 Å². The predicted octanol–water partition coefficient (Wildman–Crippen LogP) is 6.47. The number of methoxy groups -OCH3 is 1. The Balaban J connectivity index is 1.01. The normalized spacial score (nSPS) is 15.6. The van der Waals surface area contributed by atoms with Gasteiger partial charge in [-0.15, -0.1) is 0 Å². The average molecular weight is 648 g/mol. The number of ether oxygens (including phenoxy) is 4. The first-order chi connectivity index (χ1) is 23.6. The van der Waals surface area contributed by atoms with E-state index in [1.54, 1.807) is 7.11 Å².